The van der Waals surface area contributed by atoms with Crippen molar-refractivity contribution in [2.75, 3.05) is 32.1 Å². The molecule has 0 unspecified atom stereocenters. The highest BCUT2D eigenvalue weighted by atomic mass is 16.2. The molecule has 1 amide bonds. The van der Waals surface area contributed by atoms with Gasteiger partial charge in [0.25, 0.3) is 0 Å². The van der Waals surface area contributed by atoms with Crippen molar-refractivity contribution >= 4 is 11.7 Å². The number of hydrogen-bond donors (Lipinski definition) is 0. The molecule has 1 aliphatic heterocycles. The molecule has 0 aromatic carbocycles. The summed E-state index contributed by atoms with van der Waals surface area (Å²) in [6.07, 6.45) is 3.40. The van der Waals surface area contributed by atoms with Gasteiger partial charge < -0.3 is 9.80 Å². The minimum absolute atomic E-state index is 0.166. The van der Waals surface area contributed by atoms with Crippen molar-refractivity contribution in [1.82, 2.24) is 14.9 Å². The minimum Gasteiger partial charge on any atom is -0.356 e. The van der Waals surface area contributed by atoms with E-state index in [2.05, 4.69) is 14.9 Å². The van der Waals surface area contributed by atoms with Crippen LogP contribution in [0.2, 0.25) is 0 Å². The molecule has 0 radical (unpaired) electrons. The fourth-order valence-electron chi connectivity index (χ4n) is 2.33. The summed E-state index contributed by atoms with van der Waals surface area (Å²) < 4.78 is 0. The second kappa shape index (κ2) is 5.33. The number of anilines is 1. The maximum atomic E-state index is 11.9. The fraction of sp³-hybridized carbons (Fsp3) is 0.615. The van der Waals surface area contributed by atoms with Crippen LogP contribution in [0, 0.1) is 12.8 Å². The van der Waals surface area contributed by atoms with Crippen LogP contribution in [-0.4, -0.2) is 48.0 Å². The van der Waals surface area contributed by atoms with E-state index in [1.54, 1.807) is 11.2 Å². The zero-order valence-electron chi connectivity index (χ0n) is 11.3. The van der Waals surface area contributed by atoms with Gasteiger partial charge in [0.1, 0.15) is 12.1 Å². The van der Waals surface area contributed by atoms with Gasteiger partial charge in [-0.05, 0) is 19.8 Å². The third-order valence-electron chi connectivity index (χ3n) is 3.40. The molecule has 0 saturated carbocycles. The van der Waals surface area contributed by atoms with Crippen LogP contribution in [0.15, 0.2) is 12.4 Å². The Morgan fingerprint density at radius 1 is 1.33 bits per heavy atom. The van der Waals surface area contributed by atoms with E-state index in [-0.39, 0.29) is 11.8 Å². The monoisotopic (exact) mass is 248 g/mol. The van der Waals surface area contributed by atoms with Gasteiger partial charge in [-0.1, -0.05) is 0 Å². The van der Waals surface area contributed by atoms with Gasteiger partial charge in [0.05, 0.1) is 0 Å². The highest BCUT2D eigenvalue weighted by molar-refractivity contribution is 5.78. The van der Waals surface area contributed by atoms with Crippen molar-refractivity contribution in [2.24, 2.45) is 5.92 Å². The number of aryl methyl sites for hydroxylation is 1. The number of piperidine rings is 1. The third kappa shape index (κ3) is 2.78. The minimum atomic E-state index is 0.166. The molecule has 1 aromatic rings. The molecule has 0 N–H and O–H groups in total. The van der Waals surface area contributed by atoms with Gasteiger partial charge in [0.15, 0.2) is 0 Å². The highest BCUT2D eigenvalue weighted by Gasteiger charge is 2.26. The predicted molar refractivity (Wildman–Crippen MR) is 70.4 cm³/mol. The first-order valence-corrected chi connectivity index (χ1v) is 6.32. The van der Waals surface area contributed by atoms with E-state index in [1.807, 2.05) is 27.1 Å². The second-order valence-corrected chi connectivity index (χ2v) is 5.01. The smallest absolute Gasteiger partial charge is 0.225 e. The van der Waals surface area contributed by atoms with Crippen molar-refractivity contribution in [3.63, 3.8) is 0 Å². The van der Waals surface area contributed by atoms with Gasteiger partial charge >= 0.3 is 0 Å². The maximum absolute atomic E-state index is 11.9. The lowest BCUT2D eigenvalue weighted by molar-refractivity contribution is -0.133. The lowest BCUT2D eigenvalue weighted by atomic mass is 9.95. The largest absolute Gasteiger partial charge is 0.356 e. The van der Waals surface area contributed by atoms with Gasteiger partial charge in [0.2, 0.25) is 5.91 Å². The zero-order valence-corrected chi connectivity index (χ0v) is 11.3. The molecular formula is C13H20N4O. The molecule has 1 aromatic heterocycles. The summed E-state index contributed by atoms with van der Waals surface area (Å²) in [7, 11) is 3.64. The summed E-state index contributed by atoms with van der Waals surface area (Å²) >= 11 is 0. The average Bonchev–Trinajstić information content (AvgIpc) is 2.38. The van der Waals surface area contributed by atoms with Crippen molar-refractivity contribution in [3.8, 4) is 0 Å². The zero-order chi connectivity index (χ0) is 13.1. The lowest BCUT2D eigenvalue weighted by Gasteiger charge is -2.33. The van der Waals surface area contributed by atoms with E-state index < -0.39 is 0 Å². The highest BCUT2D eigenvalue weighted by Crippen LogP contribution is 2.22. The van der Waals surface area contributed by atoms with E-state index in [4.69, 9.17) is 0 Å². The Kier molecular flexibility index (Phi) is 3.79. The third-order valence-corrected chi connectivity index (χ3v) is 3.40. The summed E-state index contributed by atoms with van der Waals surface area (Å²) in [5.74, 6) is 1.38. The molecule has 0 bridgehead atoms. The first-order chi connectivity index (χ1) is 8.58. The van der Waals surface area contributed by atoms with Crippen molar-refractivity contribution in [2.45, 2.75) is 19.8 Å². The Labute approximate surface area is 108 Å². The first-order valence-electron chi connectivity index (χ1n) is 6.32. The van der Waals surface area contributed by atoms with Crippen molar-refractivity contribution in [3.05, 3.63) is 18.1 Å². The maximum Gasteiger partial charge on any atom is 0.225 e. The Hall–Kier alpha value is -1.65. The predicted octanol–water partition coefficient (Wildman–Crippen LogP) is 1.09. The molecule has 2 heterocycles. The van der Waals surface area contributed by atoms with E-state index in [9.17, 15) is 4.79 Å². The van der Waals surface area contributed by atoms with Crippen LogP contribution in [0.25, 0.3) is 0 Å². The molecule has 1 aliphatic rings. The topological polar surface area (TPSA) is 49.3 Å². The number of aromatic nitrogens is 2. The lowest BCUT2D eigenvalue weighted by Crippen LogP contribution is -2.40. The number of carbonyl (C=O) groups excluding carboxylic acids is 1. The van der Waals surface area contributed by atoms with Gasteiger partial charge in [-0.3, -0.25) is 4.79 Å². The SMILES string of the molecule is Cc1cc(N2CCC(C(=O)N(C)C)CC2)ncn1. The van der Waals surface area contributed by atoms with Crippen LogP contribution in [0.5, 0.6) is 0 Å². The molecule has 18 heavy (non-hydrogen) atoms. The molecule has 1 saturated heterocycles. The molecule has 0 aliphatic carbocycles. The van der Waals surface area contributed by atoms with E-state index in [1.165, 1.54) is 0 Å². The molecular weight excluding hydrogens is 228 g/mol. The normalized spacial score (nSPS) is 16.7. The van der Waals surface area contributed by atoms with Crippen LogP contribution in [0.1, 0.15) is 18.5 Å². The average molecular weight is 248 g/mol. The molecule has 98 valence electrons. The van der Waals surface area contributed by atoms with Gasteiger partial charge in [-0.15, -0.1) is 0 Å². The number of hydrogen-bond acceptors (Lipinski definition) is 4. The Balaban J connectivity index is 1.96. The van der Waals surface area contributed by atoms with Gasteiger partial charge in [-0.2, -0.15) is 0 Å². The van der Waals surface area contributed by atoms with Crippen LogP contribution in [-0.2, 0) is 4.79 Å². The first kappa shape index (κ1) is 12.8. The van der Waals surface area contributed by atoms with Crippen LogP contribution in [0.4, 0.5) is 5.82 Å². The number of nitrogens with zero attached hydrogens (tertiary/aromatic N) is 4. The standard InChI is InChI=1S/C13H20N4O/c1-10-8-12(15-9-14-10)17-6-4-11(5-7-17)13(18)16(2)3/h8-9,11H,4-7H2,1-3H3. The van der Waals surface area contributed by atoms with Crippen molar-refractivity contribution < 1.29 is 4.79 Å². The van der Waals surface area contributed by atoms with Gasteiger partial charge in [-0.25, -0.2) is 9.97 Å². The van der Waals surface area contributed by atoms with Gasteiger partial charge in [0, 0.05) is 44.9 Å². The van der Waals surface area contributed by atoms with E-state index in [0.717, 1.165) is 37.4 Å². The number of carbonyl (C=O) groups is 1. The number of amides is 1. The Bertz CT molecular complexity index is 425. The van der Waals surface area contributed by atoms with Crippen LogP contribution < -0.4 is 4.90 Å². The quantitative estimate of drug-likeness (QED) is 0.786. The second-order valence-electron chi connectivity index (χ2n) is 5.01. The van der Waals surface area contributed by atoms with E-state index in [0.29, 0.717) is 0 Å². The summed E-state index contributed by atoms with van der Waals surface area (Å²) in [6.45, 7) is 3.74. The Morgan fingerprint density at radius 3 is 2.56 bits per heavy atom. The summed E-state index contributed by atoms with van der Waals surface area (Å²) in [4.78, 5) is 24.2. The fourth-order valence-corrected chi connectivity index (χ4v) is 2.33. The molecule has 2 rings (SSSR count). The number of rotatable bonds is 2. The molecule has 0 atom stereocenters. The summed E-state index contributed by atoms with van der Waals surface area (Å²) in [5, 5.41) is 0. The summed E-state index contributed by atoms with van der Waals surface area (Å²) in [5.41, 5.74) is 0.978. The molecule has 5 heteroatoms. The van der Waals surface area contributed by atoms with Crippen molar-refractivity contribution in [1.29, 1.82) is 0 Å². The molecule has 1 fully saturated rings. The molecule has 0 spiro atoms. The molecule has 5 nitrogen and oxygen atoms in total. The van der Waals surface area contributed by atoms with Crippen LogP contribution in [0.3, 0.4) is 0 Å². The van der Waals surface area contributed by atoms with Crippen LogP contribution >= 0.6 is 0 Å². The summed E-state index contributed by atoms with van der Waals surface area (Å²) in [6, 6.07) is 1.99. The van der Waals surface area contributed by atoms with E-state index >= 15 is 0 Å². The Morgan fingerprint density at radius 2 is 2.00 bits per heavy atom.